The van der Waals surface area contributed by atoms with E-state index < -0.39 is 0 Å². The van der Waals surface area contributed by atoms with Gasteiger partial charge in [-0.1, -0.05) is 6.07 Å². The highest BCUT2D eigenvalue weighted by Gasteiger charge is 2.09. The lowest BCUT2D eigenvalue weighted by atomic mass is 10.2. The number of carbonyl (C=O) groups excluding carboxylic acids is 1. The van der Waals surface area contributed by atoms with Gasteiger partial charge in [-0.3, -0.25) is 0 Å². The molecule has 144 valence electrons. The Morgan fingerprint density at radius 3 is 2.57 bits per heavy atom. The van der Waals surface area contributed by atoms with E-state index in [4.69, 9.17) is 15.2 Å². The highest BCUT2D eigenvalue weighted by atomic mass is 127. The summed E-state index contributed by atoms with van der Waals surface area (Å²) < 4.78 is 11.9. The van der Waals surface area contributed by atoms with E-state index in [-0.39, 0.29) is 11.9 Å². The molecule has 3 rings (SSSR count). The summed E-state index contributed by atoms with van der Waals surface area (Å²) in [5, 5.41) is 3.20. The molecule has 0 aliphatic rings. The zero-order chi connectivity index (χ0) is 20.1. The predicted octanol–water partition coefficient (Wildman–Crippen LogP) is 4.68. The summed E-state index contributed by atoms with van der Waals surface area (Å²) in [6, 6.07) is 14.3. The van der Waals surface area contributed by atoms with Crippen LogP contribution in [0.2, 0.25) is 0 Å². The Morgan fingerprint density at radius 2 is 1.89 bits per heavy atom. The second-order valence-corrected chi connectivity index (χ2v) is 7.05. The van der Waals surface area contributed by atoms with Crippen LogP contribution < -0.4 is 15.8 Å². The minimum Gasteiger partial charge on any atom is -0.462 e. The number of nitrogens with two attached hydrogens (primary N) is 1. The van der Waals surface area contributed by atoms with Gasteiger partial charge < -0.3 is 20.5 Å². The molecule has 0 saturated heterocycles. The van der Waals surface area contributed by atoms with Crippen LogP contribution in [0.1, 0.15) is 22.8 Å². The van der Waals surface area contributed by atoms with Crippen molar-refractivity contribution >= 4 is 46.0 Å². The first kappa shape index (κ1) is 19.9. The lowest BCUT2D eigenvalue weighted by Gasteiger charge is -2.10. The van der Waals surface area contributed by atoms with Crippen molar-refractivity contribution in [3.63, 3.8) is 0 Å². The van der Waals surface area contributed by atoms with Crippen LogP contribution in [0, 0.1) is 10.5 Å². The van der Waals surface area contributed by atoms with Crippen LogP contribution in [0.15, 0.2) is 48.5 Å². The molecule has 7 nitrogen and oxygen atoms in total. The molecular formula is C20H19IN4O3. The summed E-state index contributed by atoms with van der Waals surface area (Å²) in [7, 11) is 0. The van der Waals surface area contributed by atoms with Crippen LogP contribution in [-0.4, -0.2) is 22.5 Å². The van der Waals surface area contributed by atoms with Gasteiger partial charge in [-0.25, -0.2) is 4.79 Å². The number of nitrogens with one attached hydrogen (secondary N) is 1. The summed E-state index contributed by atoms with van der Waals surface area (Å²) in [5.41, 5.74) is 8.35. The number of rotatable bonds is 6. The fourth-order valence-electron chi connectivity index (χ4n) is 2.37. The molecule has 2 aromatic carbocycles. The Bertz CT molecular complexity index is 993. The van der Waals surface area contributed by atoms with E-state index in [0.29, 0.717) is 29.6 Å². The lowest BCUT2D eigenvalue weighted by Crippen LogP contribution is -2.04. The number of nitrogens with zero attached hydrogens (tertiary/aromatic N) is 2. The molecule has 3 N–H and O–H groups in total. The normalized spacial score (nSPS) is 10.4. The van der Waals surface area contributed by atoms with Crippen LogP contribution in [0.4, 0.5) is 17.5 Å². The van der Waals surface area contributed by atoms with E-state index in [1.807, 2.05) is 25.1 Å². The van der Waals surface area contributed by atoms with Crippen LogP contribution in [0.3, 0.4) is 0 Å². The van der Waals surface area contributed by atoms with E-state index in [1.165, 1.54) is 5.56 Å². The Balaban J connectivity index is 1.76. The van der Waals surface area contributed by atoms with Crippen LogP contribution in [0.25, 0.3) is 0 Å². The van der Waals surface area contributed by atoms with Gasteiger partial charge in [0.25, 0.3) is 0 Å². The van der Waals surface area contributed by atoms with Gasteiger partial charge in [0.15, 0.2) is 0 Å². The molecule has 0 spiro atoms. The summed E-state index contributed by atoms with van der Waals surface area (Å²) >= 11 is 2.28. The van der Waals surface area contributed by atoms with Gasteiger partial charge in [0.1, 0.15) is 11.6 Å². The lowest BCUT2D eigenvalue weighted by molar-refractivity contribution is 0.0526. The number of esters is 1. The molecule has 8 heteroatoms. The molecular weight excluding hydrogens is 471 g/mol. The molecule has 0 aliphatic heterocycles. The van der Waals surface area contributed by atoms with Gasteiger partial charge in [0.2, 0.25) is 11.8 Å². The highest BCUT2D eigenvalue weighted by Crippen LogP contribution is 2.25. The van der Waals surface area contributed by atoms with Gasteiger partial charge in [0.05, 0.1) is 12.2 Å². The van der Waals surface area contributed by atoms with Gasteiger partial charge in [-0.05, 0) is 78.4 Å². The molecule has 0 saturated carbocycles. The van der Waals surface area contributed by atoms with E-state index in [2.05, 4.69) is 37.9 Å². The SMILES string of the molecule is CCOC(=O)c1ccc(Oc2cc(Nc3ccc(C)c(I)c3)nc(N)n2)cc1. The average molecular weight is 490 g/mol. The number of aryl methyl sites for hydroxylation is 1. The molecule has 0 bridgehead atoms. The standard InChI is InChI=1S/C20H19IN4O3/c1-3-27-19(26)13-5-8-15(9-6-13)28-18-11-17(24-20(22)25-18)23-14-7-4-12(2)16(21)10-14/h4-11H,3H2,1-2H3,(H3,22,23,24,25). The number of ether oxygens (including phenoxy) is 2. The zero-order valence-electron chi connectivity index (χ0n) is 15.4. The number of hydrogen-bond donors (Lipinski definition) is 2. The fourth-order valence-corrected chi connectivity index (χ4v) is 2.89. The number of benzene rings is 2. The van der Waals surface area contributed by atoms with Gasteiger partial charge >= 0.3 is 5.97 Å². The fraction of sp³-hybridized carbons (Fsp3) is 0.150. The number of nitrogen functional groups attached to an aromatic ring is 1. The van der Waals surface area contributed by atoms with Gasteiger partial charge in [-0.15, -0.1) is 0 Å². The van der Waals surface area contributed by atoms with E-state index in [1.54, 1.807) is 37.3 Å². The molecule has 0 amide bonds. The molecule has 1 heterocycles. The predicted molar refractivity (Wildman–Crippen MR) is 116 cm³/mol. The largest absolute Gasteiger partial charge is 0.462 e. The highest BCUT2D eigenvalue weighted by molar-refractivity contribution is 14.1. The molecule has 3 aromatic rings. The monoisotopic (exact) mass is 490 g/mol. The summed E-state index contributed by atoms with van der Waals surface area (Å²) in [6.07, 6.45) is 0. The van der Waals surface area contributed by atoms with E-state index >= 15 is 0 Å². The molecule has 0 unspecified atom stereocenters. The molecule has 0 fully saturated rings. The van der Waals surface area contributed by atoms with Crippen molar-refractivity contribution in [2.45, 2.75) is 13.8 Å². The first-order chi connectivity index (χ1) is 13.4. The van der Waals surface area contributed by atoms with Gasteiger partial charge in [0, 0.05) is 15.3 Å². The van der Waals surface area contributed by atoms with Crippen molar-refractivity contribution in [2.24, 2.45) is 0 Å². The Kier molecular flexibility index (Phi) is 6.30. The summed E-state index contributed by atoms with van der Waals surface area (Å²) in [5.74, 6) is 1.04. The number of anilines is 3. The van der Waals surface area contributed by atoms with Crippen molar-refractivity contribution in [3.05, 3.63) is 63.2 Å². The summed E-state index contributed by atoms with van der Waals surface area (Å²) in [4.78, 5) is 20.0. The minimum atomic E-state index is -0.375. The number of halogens is 1. The number of aromatic nitrogens is 2. The third kappa shape index (κ3) is 5.10. The third-order valence-electron chi connectivity index (χ3n) is 3.75. The van der Waals surface area contributed by atoms with Crippen molar-refractivity contribution in [3.8, 4) is 11.6 Å². The topological polar surface area (TPSA) is 99.4 Å². The second-order valence-electron chi connectivity index (χ2n) is 5.89. The Labute approximate surface area is 176 Å². The van der Waals surface area contributed by atoms with Gasteiger partial charge in [-0.2, -0.15) is 9.97 Å². The second kappa shape index (κ2) is 8.87. The third-order valence-corrected chi connectivity index (χ3v) is 4.91. The number of hydrogen-bond acceptors (Lipinski definition) is 7. The molecule has 1 aromatic heterocycles. The number of carbonyl (C=O) groups is 1. The quantitative estimate of drug-likeness (QED) is 0.382. The maximum Gasteiger partial charge on any atom is 0.338 e. The molecule has 0 aliphatic carbocycles. The van der Waals surface area contributed by atoms with E-state index in [9.17, 15) is 4.79 Å². The maximum atomic E-state index is 11.7. The molecule has 0 atom stereocenters. The van der Waals surface area contributed by atoms with Crippen LogP contribution >= 0.6 is 22.6 Å². The van der Waals surface area contributed by atoms with Crippen molar-refractivity contribution in [1.82, 2.24) is 9.97 Å². The van der Waals surface area contributed by atoms with Crippen LogP contribution in [0.5, 0.6) is 11.6 Å². The zero-order valence-corrected chi connectivity index (χ0v) is 17.6. The Hall–Kier alpha value is -2.88. The first-order valence-corrected chi connectivity index (χ1v) is 9.65. The maximum absolute atomic E-state index is 11.7. The van der Waals surface area contributed by atoms with Crippen molar-refractivity contribution in [2.75, 3.05) is 17.7 Å². The molecule has 0 radical (unpaired) electrons. The first-order valence-electron chi connectivity index (χ1n) is 8.57. The minimum absolute atomic E-state index is 0.0879. The molecule has 28 heavy (non-hydrogen) atoms. The summed E-state index contributed by atoms with van der Waals surface area (Å²) in [6.45, 7) is 4.14. The van der Waals surface area contributed by atoms with Crippen molar-refractivity contribution in [1.29, 1.82) is 0 Å². The smallest absolute Gasteiger partial charge is 0.338 e. The van der Waals surface area contributed by atoms with Crippen molar-refractivity contribution < 1.29 is 14.3 Å². The van der Waals surface area contributed by atoms with E-state index in [0.717, 1.165) is 9.26 Å². The average Bonchev–Trinajstić information content (AvgIpc) is 2.65. The van der Waals surface area contributed by atoms with Crippen LogP contribution in [-0.2, 0) is 4.74 Å². The Morgan fingerprint density at radius 1 is 1.14 bits per heavy atom.